The van der Waals surface area contributed by atoms with Crippen molar-refractivity contribution in [2.45, 2.75) is 13.1 Å². The van der Waals surface area contributed by atoms with Crippen LogP contribution in [0, 0.1) is 6.92 Å². The molecule has 0 radical (unpaired) electrons. The first-order valence-electron chi connectivity index (χ1n) is 4.97. The van der Waals surface area contributed by atoms with Crippen molar-refractivity contribution in [3.63, 3.8) is 0 Å². The van der Waals surface area contributed by atoms with Crippen LogP contribution in [0.4, 0.5) is 19.0 Å². The van der Waals surface area contributed by atoms with Crippen LogP contribution < -0.4 is 10.6 Å². The van der Waals surface area contributed by atoms with Gasteiger partial charge in [-0.3, -0.25) is 0 Å². The van der Waals surface area contributed by atoms with E-state index in [4.69, 9.17) is 5.73 Å². The van der Waals surface area contributed by atoms with Gasteiger partial charge >= 0.3 is 6.18 Å². The zero-order chi connectivity index (χ0) is 13.1. The molecule has 0 aliphatic rings. The summed E-state index contributed by atoms with van der Waals surface area (Å²) in [5.74, 6) is 0.316. The van der Waals surface area contributed by atoms with Crippen molar-refractivity contribution in [3.8, 4) is 0 Å². The standard InChI is InChI=1S/C10H13BrF3N3/c1-7-4-8(11)5-16-9(7)17(3-2-15)6-10(12,13)14/h4-5H,2-3,6,15H2,1H3. The van der Waals surface area contributed by atoms with E-state index in [1.807, 2.05) is 0 Å². The van der Waals surface area contributed by atoms with E-state index in [1.165, 1.54) is 6.20 Å². The quantitative estimate of drug-likeness (QED) is 0.929. The molecule has 0 aromatic carbocycles. The second kappa shape index (κ2) is 5.68. The number of hydrogen-bond acceptors (Lipinski definition) is 3. The second-order valence-corrected chi connectivity index (χ2v) is 4.54. The van der Waals surface area contributed by atoms with Crippen LogP contribution in [0.25, 0.3) is 0 Å². The van der Waals surface area contributed by atoms with Crippen LogP contribution >= 0.6 is 15.9 Å². The maximum atomic E-state index is 12.4. The molecule has 1 rings (SSSR count). The van der Waals surface area contributed by atoms with E-state index in [-0.39, 0.29) is 13.1 Å². The Labute approximate surface area is 106 Å². The first-order valence-corrected chi connectivity index (χ1v) is 5.76. The Morgan fingerprint density at radius 2 is 2.12 bits per heavy atom. The molecule has 0 saturated heterocycles. The number of aromatic nitrogens is 1. The van der Waals surface area contributed by atoms with Crippen LogP contribution in [0.15, 0.2) is 16.7 Å². The Kier molecular flexibility index (Phi) is 4.76. The molecule has 0 amide bonds. The lowest BCUT2D eigenvalue weighted by atomic mass is 10.2. The van der Waals surface area contributed by atoms with Gasteiger partial charge in [0.25, 0.3) is 0 Å². The molecule has 0 fully saturated rings. The Morgan fingerprint density at radius 3 is 2.59 bits per heavy atom. The maximum absolute atomic E-state index is 12.4. The molecular formula is C10H13BrF3N3. The highest BCUT2D eigenvalue weighted by molar-refractivity contribution is 9.10. The molecule has 2 N–H and O–H groups in total. The van der Waals surface area contributed by atoms with E-state index < -0.39 is 12.7 Å². The van der Waals surface area contributed by atoms with E-state index in [9.17, 15) is 13.2 Å². The fourth-order valence-electron chi connectivity index (χ4n) is 1.50. The molecule has 0 atom stereocenters. The third-order valence-corrected chi connectivity index (χ3v) is 2.52. The molecule has 0 unspecified atom stereocenters. The van der Waals surface area contributed by atoms with Gasteiger partial charge in [-0.25, -0.2) is 4.98 Å². The molecule has 1 heterocycles. The molecule has 1 aromatic heterocycles. The Balaban J connectivity index is 2.97. The lowest BCUT2D eigenvalue weighted by Crippen LogP contribution is -2.38. The molecule has 0 spiro atoms. The number of aryl methyl sites for hydroxylation is 1. The van der Waals surface area contributed by atoms with Crippen molar-refractivity contribution >= 4 is 21.7 Å². The molecule has 0 bridgehead atoms. The smallest absolute Gasteiger partial charge is 0.346 e. The van der Waals surface area contributed by atoms with Gasteiger partial charge in [0.05, 0.1) is 0 Å². The molecule has 96 valence electrons. The highest BCUT2D eigenvalue weighted by Crippen LogP contribution is 2.24. The largest absolute Gasteiger partial charge is 0.405 e. The van der Waals surface area contributed by atoms with Crippen molar-refractivity contribution in [2.24, 2.45) is 5.73 Å². The summed E-state index contributed by atoms with van der Waals surface area (Å²) in [5, 5.41) is 0. The average Bonchev–Trinajstić information content (AvgIpc) is 2.14. The first-order chi connectivity index (χ1) is 7.83. The minimum absolute atomic E-state index is 0.120. The van der Waals surface area contributed by atoms with Gasteiger partial charge in [-0.1, -0.05) is 0 Å². The van der Waals surface area contributed by atoms with Crippen LogP contribution in [-0.4, -0.2) is 30.8 Å². The number of alkyl halides is 3. The Morgan fingerprint density at radius 1 is 1.47 bits per heavy atom. The summed E-state index contributed by atoms with van der Waals surface area (Å²) in [7, 11) is 0. The van der Waals surface area contributed by atoms with E-state index >= 15 is 0 Å². The van der Waals surface area contributed by atoms with Crippen molar-refractivity contribution < 1.29 is 13.2 Å². The van der Waals surface area contributed by atoms with Crippen LogP contribution in [0.2, 0.25) is 0 Å². The minimum atomic E-state index is -4.27. The fraction of sp³-hybridized carbons (Fsp3) is 0.500. The van der Waals surface area contributed by atoms with E-state index in [0.29, 0.717) is 11.4 Å². The highest BCUT2D eigenvalue weighted by Gasteiger charge is 2.31. The molecule has 1 aromatic rings. The average molecular weight is 312 g/mol. The zero-order valence-corrected chi connectivity index (χ0v) is 10.8. The number of halogens is 4. The minimum Gasteiger partial charge on any atom is -0.346 e. The fourth-order valence-corrected chi connectivity index (χ4v) is 1.94. The summed E-state index contributed by atoms with van der Waals surface area (Å²) in [4.78, 5) is 5.15. The van der Waals surface area contributed by atoms with Crippen LogP contribution in [-0.2, 0) is 0 Å². The summed E-state index contributed by atoms with van der Waals surface area (Å²) in [6, 6.07) is 1.72. The molecule has 0 aliphatic heterocycles. The maximum Gasteiger partial charge on any atom is 0.405 e. The van der Waals surface area contributed by atoms with Crippen molar-refractivity contribution in [1.29, 1.82) is 0 Å². The van der Waals surface area contributed by atoms with Crippen LogP contribution in [0.3, 0.4) is 0 Å². The number of rotatable bonds is 4. The molecular weight excluding hydrogens is 299 g/mol. The van der Waals surface area contributed by atoms with Gasteiger partial charge in [-0.2, -0.15) is 13.2 Å². The van der Waals surface area contributed by atoms with Crippen LogP contribution in [0.1, 0.15) is 5.56 Å². The van der Waals surface area contributed by atoms with Gasteiger partial charge in [0.15, 0.2) is 0 Å². The van der Waals surface area contributed by atoms with Crippen molar-refractivity contribution in [2.75, 3.05) is 24.5 Å². The SMILES string of the molecule is Cc1cc(Br)cnc1N(CCN)CC(F)(F)F. The summed E-state index contributed by atoms with van der Waals surface area (Å²) in [5.41, 5.74) is 6.00. The number of hydrogen-bond donors (Lipinski definition) is 1. The number of nitrogens with zero attached hydrogens (tertiary/aromatic N) is 2. The summed E-state index contributed by atoms with van der Waals surface area (Å²) >= 11 is 3.22. The Hall–Kier alpha value is -0.820. The topological polar surface area (TPSA) is 42.2 Å². The third kappa shape index (κ3) is 4.51. The van der Waals surface area contributed by atoms with Gasteiger partial charge in [0.2, 0.25) is 0 Å². The number of pyridine rings is 1. The predicted octanol–water partition coefficient (Wildman–Crippen LogP) is 2.48. The predicted molar refractivity (Wildman–Crippen MR) is 64.0 cm³/mol. The van der Waals surface area contributed by atoms with Gasteiger partial charge in [-0.05, 0) is 34.5 Å². The van der Waals surface area contributed by atoms with Gasteiger partial charge in [-0.15, -0.1) is 0 Å². The van der Waals surface area contributed by atoms with Crippen LogP contribution in [0.5, 0.6) is 0 Å². The second-order valence-electron chi connectivity index (χ2n) is 3.62. The first kappa shape index (κ1) is 14.2. The summed E-state index contributed by atoms with van der Waals surface area (Å²) in [6.07, 6.45) is -2.79. The van der Waals surface area contributed by atoms with E-state index in [2.05, 4.69) is 20.9 Å². The summed E-state index contributed by atoms with van der Waals surface area (Å²) < 4.78 is 38.0. The van der Waals surface area contributed by atoms with E-state index in [1.54, 1.807) is 13.0 Å². The summed E-state index contributed by atoms with van der Waals surface area (Å²) in [6.45, 7) is 0.939. The molecule has 0 saturated carbocycles. The zero-order valence-electron chi connectivity index (χ0n) is 9.26. The van der Waals surface area contributed by atoms with Gasteiger partial charge < -0.3 is 10.6 Å². The van der Waals surface area contributed by atoms with Crippen molar-refractivity contribution in [3.05, 3.63) is 22.3 Å². The molecule has 17 heavy (non-hydrogen) atoms. The van der Waals surface area contributed by atoms with E-state index in [0.717, 1.165) is 9.37 Å². The van der Waals surface area contributed by atoms with Crippen molar-refractivity contribution in [1.82, 2.24) is 4.98 Å². The lowest BCUT2D eigenvalue weighted by molar-refractivity contribution is -0.119. The normalized spacial score (nSPS) is 11.6. The third-order valence-electron chi connectivity index (χ3n) is 2.09. The van der Waals surface area contributed by atoms with Gasteiger partial charge in [0.1, 0.15) is 12.4 Å². The molecule has 3 nitrogen and oxygen atoms in total. The lowest BCUT2D eigenvalue weighted by Gasteiger charge is -2.25. The highest BCUT2D eigenvalue weighted by atomic mass is 79.9. The van der Waals surface area contributed by atoms with Gasteiger partial charge in [0, 0.05) is 23.8 Å². The monoisotopic (exact) mass is 311 g/mol. The molecule has 0 aliphatic carbocycles. The Bertz CT molecular complexity index is 382. The number of nitrogens with two attached hydrogens (primary N) is 1. The number of anilines is 1. The molecule has 7 heteroatoms.